The van der Waals surface area contributed by atoms with Crippen molar-refractivity contribution < 1.29 is 15.3 Å². The fraction of sp³-hybridized carbons (Fsp3) is 0.200. The van der Waals surface area contributed by atoms with Crippen molar-refractivity contribution >= 4 is 0 Å². The molecule has 3 N–H and O–H groups in total. The predicted molar refractivity (Wildman–Crippen MR) is 203 cm³/mol. The molecule has 3 heteroatoms. The summed E-state index contributed by atoms with van der Waals surface area (Å²) in [5, 5.41) is 32.7. The topological polar surface area (TPSA) is 60.7 Å². The number of allylic oxidation sites excluding steroid dienone is 6. The largest absolute Gasteiger partial charge is 0.507 e. The Morgan fingerprint density at radius 2 is 0.479 bits per heavy atom. The van der Waals surface area contributed by atoms with E-state index in [2.05, 4.69) is 94.1 Å². The Morgan fingerprint density at radius 3 is 0.646 bits per heavy atom. The first-order valence-corrected chi connectivity index (χ1v) is 16.5. The minimum Gasteiger partial charge on any atom is -0.507 e. The first kappa shape index (κ1) is 35.6. The predicted octanol–water partition coefficient (Wildman–Crippen LogP) is 9.95. The summed E-state index contributed by atoms with van der Waals surface area (Å²) in [7, 11) is 0. The van der Waals surface area contributed by atoms with E-state index < -0.39 is 0 Å². The van der Waals surface area contributed by atoms with Crippen molar-refractivity contribution in [2.45, 2.75) is 57.8 Å². The van der Waals surface area contributed by atoms with Gasteiger partial charge < -0.3 is 15.3 Å². The van der Waals surface area contributed by atoms with Crippen molar-refractivity contribution in [1.82, 2.24) is 0 Å². The van der Waals surface area contributed by atoms with Gasteiger partial charge in [-0.3, -0.25) is 0 Å². The zero-order chi connectivity index (χ0) is 34.6. The molecule has 0 heterocycles. The molecule has 0 fully saturated rings. The molecule has 0 aromatic heterocycles. The maximum absolute atomic E-state index is 10.9. The van der Waals surface area contributed by atoms with Gasteiger partial charge in [0, 0.05) is 0 Å². The first-order valence-electron chi connectivity index (χ1n) is 16.5. The third-order valence-corrected chi connectivity index (χ3v) is 8.51. The molecular formula is C45H48O3. The Balaban J connectivity index is 1.83. The molecule has 0 aliphatic rings. The van der Waals surface area contributed by atoms with Gasteiger partial charge in [0.25, 0.3) is 0 Å². The molecule has 0 aliphatic carbocycles. The van der Waals surface area contributed by atoms with Crippen molar-refractivity contribution in [2.24, 2.45) is 0 Å². The van der Waals surface area contributed by atoms with Crippen LogP contribution in [0.15, 0.2) is 131 Å². The summed E-state index contributed by atoms with van der Waals surface area (Å²) in [6.45, 7) is 23.3. The summed E-state index contributed by atoms with van der Waals surface area (Å²) < 4.78 is 0. The molecule has 3 nitrogen and oxygen atoms in total. The Morgan fingerprint density at radius 1 is 0.312 bits per heavy atom. The van der Waals surface area contributed by atoms with Gasteiger partial charge in [-0.2, -0.15) is 0 Å². The van der Waals surface area contributed by atoms with Crippen LogP contribution in [0.4, 0.5) is 0 Å². The summed E-state index contributed by atoms with van der Waals surface area (Å²) in [5.41, 5.74) is 12.0. The number of hydrogen-bond donors (Lipinski definition) is 3. The Bertz CT molecular complexity index is 1520. The highest BCUT2D eigenvalue weighted by atomic mass is 16.3. The van der Waals surface area contributed by atoms with Crippen molar-refractivity contribution in [3.63, 3.8) is 0 Å². The molecule has 0 saturated carbocycles. The van der Waals surface area contributed by atoms with Crippen LogP contribution in [0.3, 0.4) is 0 Å². The van der Waals surface area contributed by atoms with Gasteiger partial charge in [0.2, 0.25) is 0 Å². The Kier molecular flexibility index (Phi) is 12.6. The molecule has 0 saturated heterocycles. The minimum atomic E-state index is 0.309. The van der Waals surface area contributed by atoms with E-state index in [9.17, 15) is 15.3 Å². The lowest BCUT2D eigenvalue weighted by Crippen LogP contribution is -2.01. The average molecular weight is 637 g/mol. The highest BCUT2D eigenvalue weighted by molar-refractivity contribution is 5.51. The lowest BCUT2D eigenvalue weighted by atomic mass is 9.90. The number of hydrogen-bond acceptors (Lipinski definition) is 3. The first-order chi connectivity index (χ1) is 23.2. The zero-order valence-electron chi connectivity index (χ0n) is 28.1. The number of phenols is 3. The standard InChI is InChI=1S/C45H48O3/c1-7-13-37-25-34(26-38(14-8-2)43(37)46)22-31-19-32(23-35-27-39(15-9-3)44(47)40(28-35)16-10-4)21-33(20-31)24-36-29-41(17-11-5)45(48)42(30-36)18-12-6/h7-12,19-21,25-30,46-48H,1-6,13-18,22-24H2. The molecule has 0 spiro atoms. The summed E-state index contributed by atoms with van der Waals surface area (Å²) in [6.07, 6.45) is 16.4. The molecule has 4 aromatic carbocycles. The van der Waals surface area contributed by atoms with E-state index in [1.54, 1.807) is 0 Å². The second-order valence-electron chi connectivity index (χ2n) is 12.4. The summed E-state index contributed by atoms with van der Waals surface area (Å²) in [4.78, 5) is 0. The molecule has 4 rings (SSSR count). The fourth-order valence-corrected chi connectivity index (χ4v) is 6.52. The molecule has 0 aliphatic heterocycles. The quantitative estimate of drug-likeness (QED) is 0.0953. The van der Waals surface area contributed by atoms with E-state index in [0.29, 0.717) is 75.0 Å². The summed E-state index contributed by atoms with van der Waals surface area (Å²) >= 11 is 0. The van der Waals surface area contributed by atoms with Crippen LogP contribution in [0.25, 0.3) is 0 Å². The van der Waals surface area contributed by atoms with Gasteiger partial charge in [0.05, 0.1) is 0 Å². The highest BCUT2D eigenvalue weighted by Crippen LogP contribution is 2.32. The van der Waals surface area contributed by atoms with Gasteiger partial charge in [-0.1, -0.05) is 91.1 Å². The summed E-state index contributed by atoms with van der Waals surface area (Å²) in [5.74, 6) is 0.928. The van der Waals surface area contributed by atoms with Crippen LogP contribution < -0.4 is 0 Å². The van der Waals surface area contributed by atoms with E-state index in [1.807, 2.05) is 36.5 Å². The van der Waals surface area contributed by atoms with E-state index >= 15 is 0 Å². The fourth-order valence-electron chi connectivity index (χ4n) is 6.52. The number of phenolic OH excluding ortho intramolecular Hbond substituents is 3. The number of benzene rings is 4. The molecule has 48 heavy (non-hydrogen) atoms. The van der Waals surface area contributed by atoms with Crippen LogP contribution in [0.5, 0.6) is 17.2 Å². The smallest absolute Gasteiger partial charge is 0.122 e. The lowest BCUT2D eigenvalue weighted by molar-refractivity contribution is 0.463. The van der Waals surface area contributed by atoms with Gasteiger partial charge >= 0.3 is 0 Å². The van der Waals surface area contributed by atoms with Crippen molar-refractivity contribution in [1.29, 1.82) is 0 Å². The molecule has 246 valence electrons. The second kappa shape index (κ2) is 17.0. The number of rotatable bonds is 18. The monoisotopic (exact) mass is 636 g/mol. The third-order valence-electron chi connectivity index (χ3n) is 8.51. The normalized spacial score (nSPS) is 10.8. The van der Waals surface area contributed by atoms with Crippen LogP contribution in [0, 0.1) is 0 Å². The maximum atomic E-state index is 10.9. The lowest BCUT2D eigenvalue weighted by Gasteiger charge is -2.16. The molecule has 0 radical (unpaired) electrons. The molecule has 0 unspecified atom stereocenters. The molecule has 4 aromatic rings. The zero-order valence-corrected chi connectivity index (χ0v) is 28.1. The third kappa shape index (κ3) is 8.95. The maximum Gasteiger partial charge on any atom is 0.122 e. The molecule has 0 bridgehead atoms. The van der Waals surface area contributed by atoms with Crippen LogP contribution >= 0.6 is 0 Å². The highest BCUT2D eigenvalue weighted by Gasteiger charge is 2.14. The van der Waals surface area contributed by atoms with Gasteiger partial charge in [-0.15, -0.1) is 39.5 Å². The van der Waals surface area contributed by atoms with Crippen molar-refractivity contribution in [2.75, 3.05) is 0 Å². The van der Waals surface area contributed by atoms with Gasteiger partial charge in [0.15, 0.2) is 0 Å². The van der Waals surface area contributed by atoms with E-state index in [1.165, 1.54) is 0 Å². The second-order valence-corrected chi connectivity index (χ2v) is 12.4. The summed E-state index contributed by atoms with van der Waals surface area (Å²) in [6, 6.07) is 19.2. The number of aromatic hydroxyl groups is 3. The molecular weight excluding hydrogens is 588 g/mol. The minimum absolute atomic E-state index is 0.309. The Hall–Kier alpha value is -5.28. The van der Waals surface area contributed by atoms with Crippen molar-refractivity contribution in [3.05, 3.63) is 197 Å². The van der Waals surface area contributed by atoms with Crippen LogP contribution in [0.1, 0.15) is 66.8 Å². The van der Waals surface area contributed by atoms with Crippen LogP contribution in [-0.4, -0.2) is 15.3 Å². The van der Waals surface area contributed by atoms with Gasteiger partial charge in [-0.25, -0.2) is 0 Å². The van der Waals surface area contributed by atoms with Crippen molar-refractivity contribution in [3.8, 4) is 17.2 Å². The van der Waals surface area contributed by atoms with Crippen LogP contribution in [0.2, 0.25) is 0 Å². The average Bonchev–Trinajstić information content (AvgIpc) is 3.04. The van der Waals surface area contributed by atoms with Gasteiger partial charge in [-0.05, 0) is 125 Å². The van der Waals surface area contributed by atoms with Crippen LogP contribution in [-0.2, 0) is 57.8 Å². The molecule has 0 atom stereocenters. The van der Waals surface area contributed by atoms with E-state index in [0.717, 1.165) is 66.8 Å². The molecule has 0 amide bonds. The van der Waals surface area contributed by atoms with E-state index in [-0.39, 0.29) is 0 Å². The van der Waals surface area contributed by atoms with E-state index in [4.69, 9.17) is 0 Å². The van der Waals surface area contributed by atoms with Gasteiger partial charge in [0.1, 0.15) is 17.2 Å². The Labute approximate surface area is 287 Å². The SMILES string of the molecule is C=CCc1cc(Cc2cc(Cc3cc(CC=C)c(O)c(CC=C)c3)cc(Cc3cc(CC=C)c(O)c(CC=C)c3)c2)cc(CC=C)c1O.